The van der Waals surface area contributed by atoms with Gasteiger partial charge in [-0.15, -0.1) is 10.2 Å². The highest BCUT2D eigenvalue weighted by molar-refractivity contribution is 5.85. The minimum absolute atomic E-state index is 0.120. The highest BCUT2D eigenvalue weighted by atomic mass is 16.4. The molecule has 148 valence electrons. The molecule has 0 spiro atoms. The molecule has 0 saturated carbocycles. The van der Waals surface area contributed by atoms with Crippen LogP contribution in [-0.2, 0) is 0 Å². The van der Waals surface area contributed by atoms with E-state index in [-0.39, 0.29) is 23.3 Å². The van der Waals surface area contributed by atoms with Crippen LogP contribution in [0.15, 0.2) is 39.8 Å². The first-order chi connectivity index (χ1) is 14.0. The lowest BCUT2D eigenvalue weighted by Gasteiger charge is -2.20. The molecule has 0 amide bonds. The smallest absolute Gasteiger partial charge is 0.256 e. The third kappa shape index (κ3) is 3.42. The predicted octanol–water partition coefficient (Wildman–Crippen LogP) is 3.13. The van der Waals surface area contributed by atoms with Crippen molar-refractivity contribution < 1.29 is 4.42 Å². The van der Waals surface area contributed by atoms with Gasteiger partial charge in [0.25, 0.3) is 11.4 Å². The van der Waals surface area contributed by atoms with Crippen LogP contribution in [0.3, 0.4) is 0 Å². The molecule has 0 saturated heterocycles. The normalized spacial score (nSPS) is 12.2. The first kappa shape index (κ1) is 18.6. The Morgan fingerprint density at radius 2 is 2.07 bits per heavy atom. The molecule has 1 unspecified atom stereocenters. The lowest BCUT2D eigenvalue weighted by atomic mass is 10.0. The summed E-state index contributed by atoms with van der Waals surface area (Å²) in [5, 5.41) is 12.8. The molecule has 0 aliphatic rings. The van der Waals surface area contributed by atoms with Crippen LogP contribution in [0.1, 0.15) is 36.5 Å². The van der Waals surface area contributed by atoms with Gasteiger partial charge >= 0.3 is 0 Å². The van der Waals surface area contributed by atoms with Gasteiger partial charge in [0.15, 0.2) is 0 Å². The molecule has 9 heteroatoms. The minimum Gasteiger partial charge on any atom is -0.421 e. The van der Waals surface area contributed by atoms with E-state index in [9.17, 15) is 4.79 Å². The van der Waals surface area contributed by atoms with Gasteiger partial charge in [0.05, 0.1) is 6.04 Å². The van der Waals surface area contributed by atoms with E-state index in [0.717, 1.165) is 16.6 Å². The number of pyridine rings is 1. The number of aromatic amines is 1. The Kier molecular flexibility index (Phi) is 4.71. The summed E-state index contributed by atoms with van der Waals surface area (Å²) in [4.78, 5) is 24.0. The molecule has 0 radical (unpaired) electrons. The van der Waals surface area contributed by atoms with E-state index >= 15 is 0 Å². The average molecular weight is 391 g/mol. The van der Waals surface area contributed by atoms with E-state index in [1.807, 2.05) is 38.1 Å². The van der Waals surface area contributed by atoms with Crippen molar-refractivity contribution in [2.45, 2.75) is 33.2 Å². The lowest BCUT2D eigenvalue weighted by molar-refractivity contribution is 0.532. The number of fused-ring (bicyclic) bond motifs is 1. The van der Waals surface area contributed by atoms with Gasteiger partial charge in [0.1, 0.15) is 23.5 Å². The van der Waals surface area contributed by atoms with Crippen LogP contribution >= 0.6 is 0 Å². The Hall–Kier alpha value is -3.75. The lowest BCUT2D eigenvalue weighted by Crippen LogP contribution is -2.19. The van der Waals surface area contributed by atoms with Gasteiger partial charge in [0, 0.05) is 18.0 Å². The SMILES string of the molecule is CCC(Nc1ncnc(N)c1-c1nnc(C)o1)c1cc2cccc(C)c2c(=O)[nH]1. The second-order valence-electron chi connectivity index (χ2n) is 6.81. The Morgan fingerprint density at radius 3 is 2.79 bits per heavy atom. The van der Waals surface area contributed by atoms with Gasteiger partial charge < -0.3 is 20.5 Å². The number of hydrogen-bond acceptors (Lipinski definition) is 8. The number of H-pyrrole nitrogens is 1. The third-order valence-electron chi connectivity index (χ3n) is 4.81. The molecular weight excluding hydrogens is 370 g/mol. The molecule has 4 rings (SSSR count). The molecule has 29 heavy (non-hydrogen) atoms. The Bertz CT molecular complexity index is 1250. The van der Waals surface area contributed by atoms with Crippen LogP contribution < -0.4 is 16.6 Å². The van der Waals surface area contributed by atoms with E-state index in [0.29, 0.717) is 29.1 Å². The van der Waals surface area contributed by atoms with Crippen LogP contribution in [0, 0.1) is 13.8 Å². The van der Waals surface area contributed by atoms with Crippen molar-refractivity contribution in [1.82, 2.24) is 25.1 Å². The molecule has 4 N–H and O–H groups in total. The molecule has 4 aromatic rings. The minimum atomic E-state index is -0.218. The second kappa shape index (κ2) is 7.34. The summed E-state index contributed by atoms with van der Waals surface area (Å²) in [7, 11) is 0. The number of aryl methyl sites for hydroxylation is 2. The molecule has 9 nitrogen and oxygen atoms in total. The van der Waals surface area contributed by atoms with Gasteiger partial charge in [0.2, 0.25) is 5.89 Å². The van der Waals surface area contributed by atoms with Gasteiger partial charge in [-0.3, -0.25) is 4.79 Å². The van der Waals surface area contributed by atoms with Gasteiger partial charge in [-0.05, 0) is 30.4 Å². The summed E-state index contributed by atoms with van der Waals surface area (Å²) in [5.41, 5.74) is 8.06. The molecule has 1 aromatic carbocycles. The number of nitrogens with two attached hydrogens (primary N) is 1. The van der Waals surface area contributed by atoms with Gasteiger partial charge in [-0.25, -0.2) is 9.97 Å². The van der Waals surface area contributed by atoms with Crippen LogP contribution in [0.25, 0.3) is 22.2 Å². The Morgan fingerprint density at radius 1 is 1.24 bits per heavy atom. The van der Waals surface area contributed by atoms with Crippen molar-refractivity contribution in [3.8, 4) is 11.5 Å². The number of hydrogen-bond donors (Lipinski definition) is 3. The largest absolute Gasteiger partial charge is 0.421 e. The average Bonchev–Trinajstić information content (AvgIpc) is 3.11. The van der Waals surface area contributed by atoms with Crippen LogP contribution in [0.2, 0.25) is 0 Å². The maximum absolute atomic E-state index is 12.7. The number of aromatic nitrogens is 5. The summed E-state index contributed by atoms with van der Waals surface area (Å²) >= 11 is 0. The number of nitrogens with one attached hydrogen (secondary N) is 2. The fourth-order valence-corrected chi connectivity index (χ4v) is 3.39. The van der Waals surface area contributed by atoms with Crippen LogP contribution in [0.5, 0.6) is 0 Å². The van der Waals surface area contributed by atoms with E-state index in [4.69, 9.17) is 10.2 Å². The van der Waals surface area contributed by atoms with Crippen molar-refractivity contribution in [2.24, 2.45) is 0 Å². The highest BCUT2D eigenvalue weighted by Crippen LogP contribution is 2.32. The fourth-order valence-electron chi connectivity index (χ4n) is 3.39. The topological polar surface area (TPSA) is 136 Å². The van der Waals surface area contributed by atoms with E-state index in [1.54, 1.807) is 6.92 Å². The third-order valence-corrected chi connectivity index (χ3v) is 4.81. The number of anilines is 2. The van der Waals surface area contributed by atoms with Crippen LogP contribution in [-0.4, -0.2) is 25.1 Å². The van der Waals surface area contributed by atoms with Crippen molar-refractivity contribution in [2.75, 3.05) is 11.1 Å². The maximum atomic E-state index is 12.7. The zero-order valence-corrected chi connectivity index (χ0v) is 16.4. The molecule has 0 aliphatic heterocycles. The fraction of sp³-hybridized carbons (Fsp3) is 0.250. The highest BCUT2D eigenvalue weighted by Gasteiger charge is 2.21. The number of benzene rings is 1. The Balaban J connectivity index is 1.77. The molecule has 1 atom stereocenters. The summed E-state index contributed by atoms with van der Waals surface area (Å²) in [6.07, 6.45) is 2.06. The van der Waals surface area contributed by atoms with Crippen molar-refractivity contribution in [3.05, 3.63) is 58.1 Å². The zero-order chi connectivity index (χ0) is 20.5. The summed E-state index contributed by atoms with van der Waals surface area (Å²) in [5.74, 6) is 1.33. The first-order valence-corrected chi connectivity index (χ1v) is 9.28. The summed E-state index contributed by atoms with van der Waals surface area (Å²) in [6.45, 7) is 5.63. The Labute approximate surface area is 166 Å². The van der Waals surface area contributed by atoms with E-state index in [2.05, 4.69) is 30.5 Å². The molecule has 0 aliphatic carbocycles. The monoisotopic (exact) mass is 391 g/mol. The molecule has 3 aromatic heterocycles. The van der Waals surface area contributed by atoms with Gasteiger partial charge in [-0.2, -0.15) is 0 Å². The van der Waals surface area contributed by atoms with E-state index < -0.39 is 0 Å². The van der Waals surface area contributed by atoms with Crippen LogP contribution in [0.4, 0.5) is 11.6 Å². The number of nitrogen functional groups attached to an aromatic ring is 1. The predicted molar refractivity (Wildman–Crippen MR) is 110 cm³/mol. The zero-order valence-electron chi connectivity index (χ0n) is 16.4. The molecule has 0 fully saturated rings. The number of rotatable bonds is 5. The molecular formula is C20H21N7O2. The standard InChI is InChI=1S/C20H21N7O2/c1-4-13(14-8-12-7-5-6-10(2)15(12)19(28)25-14)24-18-16(17(21)22-9-23-18)20-27-26-11(3)29-20/h5-9,13H,4H2,1-3H3,(H,25,28)(H3,21,22,23,24). The molecule has 3 heterocycles. The van der Waals surface area contributed by atoms with E-state index in [1.165, 1.54) is 6.33 Å². The van der Waals surface area contributed by atoms with Gasteiger partial charge in [-0.1, -0.05) is 25.1 Å². The summed E-state index contributed by atoms with van der Waals surface area (Å²) < 4.78 is 5.52. The summed E-state index contributed by atoms with van der Waals surface area (Å²) in [6, 6.07) is 7.56. The first-order valence-electron chi connectivity index (χ1n) is 9.28. The van der Waals surface area contributed by atoms with Crippen molar-refractivity contribution in [3.63, 3.8) is 0 Å². The second-order valence-corrected chi connectivity index (χ2v) is 6.81. The van der Waals surface area contributed by atoms with Crippen molar-refractivity contribution >= 4 is 22.4 Å². The number of nitrogens with zero attached hydrogens (tertiary/aromatic N) is 4. The van der Waals surface area contributed by atoms with Crippen molar-refractivity contribution in [1.29, 1.82) is 0 Å². The maximum Gasteiger partial charge on any atom is 0.256 e. The molecule has 0 bridgehead atoms. The quantitative estimate of drug-likeness (QED) is 0.472.